The van der Waals surface area contributed by atoms with Gasteiger partial charge in [-0.1, -0.05) is 6.07 Å². The molecule has 0 amide bonds. The topological polar surface area (TPSA) is 38.5 Å². The van der Waals surface area contributed by atoms with Gasteiger partial charge in [0.25, 0.3) is 0 Å². The van der Waals surface area contributed by atoms with Crippen molar-refractivity contribution in [3.05, 3.63) is 35.1 Å². The summed E-state index contributed by atoms with van der Waals surface area (Å²) in [6.07, 6.45) is 2.45. The van der Waals surface area contributed by atoms with Gasteiger partial charge in [0, 0.05) is 32.3 Å². The SMILES string of the molecule is COCCN(C1CC1)C(CN)c1ccc(F)cc1C. The van der Waals surface area contributed by atoms with Crippen LogP contribution in [0.1, 0.15) is 30.0 Å². The molecule has 0 bridgehead atoms. The van der Waals surface area contributed by atoms with Gasteiger partial charge in [-0.25, -0.2) is 4.39 Å². The van der Waals surface area contributed by atoms with Crippen molar-refractivity contribution in [3.63, 3.8) is 0 Å². The van der Waals surface area contributed by atoms with E-state index in [1.165, 1.54) is 18.9 Å². The fourth-order valence-corrected chi connectivity index (χ4v) is 2.65. The molecule has 19 heavy (non-hydrogen) atoms. The number of hydrogen-bond donors (Lipinski definition) is 1. The smallest absolute Gasteiger partial charge is 0.123 e. The average molecular weight is 266 g/mol. The molecule has 0 heterocycles. The molecule has 0 saturated heterocycles. The lowest BCUT2D eigenvalue weighted by molar-refractivity contribution is 0.115. The Labute approximate surface area is 114 Å². The zero-order valence-electron chi connectivity index (χ0n) is 11.7. The fourth-order valence-electron chi connectivity index (χ4n) is 2.65. The van der Waals surface area contributed by atoms with Crippen LogP contribution in [-0.2, 0) is 4.74 Å². The van der Waals surface area contributed by atoms with E-state index in [1.54, 1.807) is 13.2 Å². The van der Waals surface area contributed by atoms with Gasteiger partial charge in [0.2, 0.25) is 0 Å². The van der Waals surface area contributed by atoms with Crippen LogP contribution in [0.5, 0.6) is 0 Å². The summed E-state index contributed by atoms with van der Waals surface area (Å²) >= 11 is 0. The van der Waals surface area contributed by atoms with E-state index in [-0.39, 0.29) is 11.9 Å². The number of rotatable bonds is 7. The lowest BCUT2D eigenvalue weighted by Crippen LogP contribution is -2.38. The fraction of sp³-hybridized carbons (Fsp3) is 0.600. The number of benzene rings is 1. The molecule has 1 aromatic carbocycles. The van der Waals surface area contributed by atoms with Crippen LogP contribution >= 0.6 is 0 Å². The summed E-state index contributed by atoms with van der Waals surface area (Å²) < 4.78 is 18.4. The zero-order valence-corrected chi connectivity index (χ0v) is 11.7. The Morgan fingerprint density at radius 2 is 2.21 bits per heavy atom. The van der Waals surface area contributed by atoms with E-state index in [9.17, 15) is 4.39 Å². The number of hydrogen-bond acceptors (Lipinski definition) is 3. The van der Waals surface area contributed by atoms with Crippen molar-refractivity contribution in [2.75, 3.05) is 26.8 Å². The molecule has 2 rings (SSSR count). The average Bonchev–Trinajstić information content (AvgIpc) is 3.20. The molecular weight excluding hydrogens is 243 g/mol. The van der Waals surface area contributed by atoms with E-state index in [0.29, 0.717) is 19.2 Å². The molecule has 106 valence electrons. The minimum absolute atomic E-state index is 0.156. The van der Waals surface area contributed by atoms with Crippen molar-refractivity contribution in [2.24, 2.45) is 5.73 Å². The quantitative estimate of drug-likeness (QED) is 0.822. The van der Waals surface area contributed by atoms with Gasteiger partial charge in [-0.05, 0) is 43.0 Å². The highest BCUT2D eigenvalue weighted by atomic mass is 19.1. The molecule has 4 heteroatoms. The first-order chi connectivity index (χ1) is 9.17. The van der Waals surface area contributed by atoms with E-state index >= 15 is 0 Å². The van der Waals surface area contributed by atoms with Crippen LogP contribution in [0.4, 0.5) is 4.39 Å². The molecule has 1 aliphatic carbocycles. The maximum Gasteiger partial charge on any atom is 0.123 e. The Kier molecular flexibility index (Phi) is 4.91. The molecule has 0 aliphatic heterocycles. The summed E-state index contributed by atoms with van der Waals surface area (Å²) in [6.45, 7) is 4.07. The molecule has 1 unspecified atom stereocenters. The Balaban J connectivity index is 2.20. The lowest BCUT2D eigenvalue weighted by Gasteiger charge is -2.32. The molecule has 1 saturated carbocycles. The molecule has 3 nitrogen and oxygen atoms in total. The number of aryl methyl sites for hydroxylation is 1. The molecule has 1 aromatic rings. The van der Waals surface area contributed by atoms with Crippen LogP contribution in [0.3, 0.4) is 0 Å². The third-order valence-electron chi connectivity index (χ3n) is 3.78. The first kappa shape index (κ1) is 14.4. The number of methoxy groups -OCH3 is 1. The summed E-state index contributed by atoms with van der Waals surface area (Å²) in [5, 5.41) is 0. The Bertz CT molecular complexity index is 421. The van der Waals surface area contributed by atoms with Crippen molar-refractivity contribution in [1.29, 1.82) is 0 Å². The molecule has 1 aliphatic rings. The number of nitrogens with zero attached hydrogens (tertiary/aromatic N) is 1. The normalized spacial score (nSPS) is 16.9. The largest absolute Gasteiger partial charge is 0.383 e. The summed E-state index contributed by atoms with van der Waals surface area (Å²) in [5.74, 6) is -0.188. The molecule has 1 atom stereocenters. The van der Waals surface area contributed by atoms with Gasteiger partial charge >= 0.3 is 0 Å². The van der Waals surface area contributed by atoms with E-state index in [1.807, 2.05) is 13.0 Å². The van der Waals surface area contributed by atoms with Crippen LogP contribution in [0.15, 0.2) is 18.2 Å². The van der Waals surface area contributed by atoms with Crippen molar-refractivity contribution in [1.82, 2.24) is 4.90 Å². The zero-order chi connectivity index (χ0) is 13.8. The number of nitrogens with two attached hydrogens (primary N) is 1. The Hall–Kier alpha value is -0.970. The molecular formula is C15H23FN2O. The van der Waals surface area contributed by atoms with Crippen molar-refractivity contribution >= 4 is 0 Å². The molecule has 2 N–H and O–H groups in total. The Morgan fingerprint density at radius 3 is 2.74 bits per heavy atom. The van der Waals surface area contributed by atoms with Gasteiger partial charge in [-0.3, -0.25) is 4.90 Å². The van der Waals surface area contributed by atoms with E-state index in [0.717, 1.165) is 17.7 Å². The van der Waals surface area contributed by atoms with Crippen LogP contribution in [-0.4, -0.2) is 37.7 Å². The van der Waals surface area contributed by atoms with Gasteiger partial charge in [-0.15, -0.1) is 0 Å². The third-order valence-corrected chi connectivity index (χ3v) is 3.78. The van der Waals surface area contributed by atoms with E-state index < -0.39 is 0 Å². The lowest BCUT2D eigenvalue weighted by atomic mass is 9.99. The van der Waals surface area contributed by atoms with Crippen LogP contribution in [0.25, 0.3) is 0 Å². The monoisotopic (exact) mass is 266 g/mol. The van der Waals surface area contributed by atoms with Crippen molar-refractivity contribution < 1.29 is 9.13 Å². The molecule has 1 fully saturated rings. The van der Waals surface area contributed by atoms with Crippen LogP contribution in [0, 0.1) is 12.7 Å². The molecule has 0 radical (unpaired) electrons. The first-order valence-corrected chi connectivity index (χ1v) is 6.88. The number of halogens is 1. The predicted molar refractivity (Wildman–Crippen MR) is 74.5 cm³/mol. The van der Waals surface area contributed by atoms with E-state index in [4.69, 9.17) is 10.5 Å². The maximum absolute atomic E-state index is 13.2. The van der Waals surface area contributed by atoms with Gasteiger partial charge < -0.3 is 10.5 Å². The van der Waals surface area contributed by atoms with Gasteiger partial charge in [-0.2, -0.15) is 0 Å². The predicted octanol–water partition coefficient (Wildman–Crippen LogP) is 2.24. The highest BCUT2D eigenvalue weighted by Crippen LogP contribution is 2.34. The van der Waals surface area contributed by atoms with Crippen LogP contribution in [0.2, 0.25) is 0 Å². The number of ether oxygens (including phenoxy) is 1. The van der Waals surface area contributed by atoms with Gasteiger partial charge in [0.05, 0.1) is 6.61 Å². The highest BCUT2D eigenvalue weighted by Gasteiger charge is 2.34. The third kappa shape index (κ3) is 3.53. The summed E-state index contributed by atoms with van der Waals surface area (Å²) in [6, 6.07) is 5.73. The minimum atomic E-state index is -0.188. The first-order valence-electron chi connectivity index (χ1n) is 6.88. The summed E-state index contributed by atoms with van der Waals surface area (Å²) in [7, 11) is 1.71. The minimum Gasteiger partial charge on any atom is -0.383 e. The second kappa shape index (κ2) is 6.46. The summed E-state index contributed by atoms with van der Waals surface area (Å²) in [4.78, 5) is 2.41. The molecule has 0 aromatic heterocycles. The second-order valence-electron chi connectivity index (χ2n) is 5.21. The molecule has 0 spiro atoms. The van der Waals surface area contributed by atoms with Crippen molar-refractivity contribution in [2.45, 2.75) is 31.8 Å². The van der Waals surface area contributed by atoms with Crippen molar-refractivity contribution in [3.8, 4) is 0 Å². The van der Waals surface area contributed by atoms with Crippen LogP contribution < -0.4 is 5.73 Å². The van der Waals surface area contributed by atoms with Gasteiger partial charge in [0.1, 0.15) is 5.82 Å². The summed E-state index contributed by atoms with van der Waals surface area (Å²) in [5.41, 5.74) is 8.08. The second-order valence-corrected chi connectivity index (χ2v) is 5.21. The standard InChI is InChI=1S/C15H23FN2O/c1-11-9-12(16)3-6-14(11)15(10-17)18(7-8-19-2)13-4-5-13/h3,6,9,13,15H,4-5,7-8,10,17H2,1-2H3. The Morgan fingerprint density at radius 1 is 1.47 bits per heavy atom. The maximum atomic E-state index is 13.2. The highest BCUT2D eigenvalue weighted by molar-refractivity contribution is 5.30. The van der Waals surface area contributed by atoms with E-state index in [2.05, 4.69) is 4.90 Å². The van der Waals surface area contributed by atoms with Gasteiger partial charge in [0.15, 0.2) is 0 Å².